The molecule has 0 aliphatic heterocycles. The molecule has 0 bridgehead atoms. The van der Waals surface area contributed by atoms with Crippen molar-refractivity contribution in [3.8, 4) is 0 Å². The van der Waals surface area contributed by atoms with Gasteiger partial charge in [-0.15, -0.1) is 0 Å². The number of hydrogen-bond donors (Lipinski definition) is 4. The third kappa shape index (κ3) is 4.69. The van der Waals surface area contributed by atoms with Gasteiger partial charge >= 0.3 is 0 Å². The molecule has 0 unspecified atom stereocenters. The average molecular weight is 266 g/mol. The van der Waals surface area contributed by atoms with Gasteiger partial charge in [0.25, 0.3) is 5.91 Å². The number of hydrogen-bond acceptors (Lipinski definition) is 4. The summed E-state index contributed by atoms with van der Waals surface area (Å²) in [5.41, 5.74) is 3.09. The van der Waals surface area contributed by atoms with Crippen LogP contribution in [0.2, 0.25) is 0 Å². The molecule has 2 amide bonds. The molecular weight excluding hydrogens is 248 g/mol. The molecule has 0 saturated carbocycles. The van der Waals surface area contributed by atoms with Gasteiger partial charge in [0, 0.05) is 12.1 Å². The number of benzene rings is 1. The van der Waals surface area contributed by atoms with Gasteiger partial charge in [-0.2, -0.15) is 0 Å². The van der Waals surface area contributed by atoms with Gasteiger partial charge < -0.3 is 10.4 Å². The third-order valence-electron chi connectivity index (χ3n) is 2.79. The largest absolute Gasteiger partial charge is 0.396 e. The number of nitrogens with one attached hydrogen (secondary N) is 2. The summed E-state index contributed by atoms with van der Waals surface area (Å²) in [5.74, 6) is -1.63. The number of aliphatic hydroxyl groups excluding tert-OH is 1. The van der Waals surface area contributed by atoms with Crippen molar-refractivity contribution in [1.29, 1.82) is 0 Å². The van der Waals surface area contributed by atoms with Gasteiger partial charge in [0.2, 0.25) is 5.91 Å². The van der Waals surface area contributed by atoms with Crippen LogP contribution in [0.3, 0.4) is 0 Å². The van der Waals surface area contributed by atoms with Crippen molar-refractivity contribution >= 4 is 11.8 Å². The van der Waals surface area contributed by atoms with Crippen LogP contribution in [-0.4, -0.2) is 35.3 Å². The maximum absolute atomic E-state index is 11.7. The van der Waals surface area contributed by atoms with Gasteiger partial charge in [0.1, 0.15) is 0 Å². The summed E-state index contributed by atoms with van der Waals surface area (Å²) in [5, 5.41) is 20.1. The molecule has 19 heavy (non-hydrogen) atoms. The summed E-state index contributed by atoms with van der Waals surface area (Å²) >= 11 is 0. The van der Waals surface area contributed by atoms with Crippen LogP contribution in [0.1, 0.15) is 22.3 Å². The van der Waals surface area contributed by atoms with E-state index in [0.717, 1.165) is 5.56 Å². The molecule has 0 aromatic heterocycles. The lowest BCUT2D eigenvalue weighted by Gasteiger charge is -2.12. The summed E-state index contributed by atoms with van der Waals surface area (Å²) in [4.78, 5) is 22.8. The molecule has 1 rings (SSSR count). The second-order valence-electron chi connectivity index (χ2n) is 4.27. The fraction of sp³-hybridized carbons (Fsp3) is 0.385. The van der Waals surface area contributed by atoms with E-state index >= 15 is 0 Å². The van der Waals surface area contributed by atoms with Gasteiger partial charge in [0.05, 0.1) is 12.5 Å². The lowest BCUT2D eigenvalue weighted by Crippen LogP contribution is -2.34. The molecule has 0 aliphatic carbocycles. The van der Waals surface area contributed by atoms with Crippen molar-refractivity contribution in [2.24, 2.45) is 5.92 Å². The van der Waals surface area contributed by atoms with Crippen LogP contribution in [0, 0.1) is 12.8 Å². The van der Waals surface area contributed by atoms with E-state index in [-0.39, 0.29) is 25.5 Å². The molecule has 0 radical (unpaired) electrons. The Morgan fingerprint density at radius 2 is 1.89 bits per heavy atom. The molecule has 0 saturated heterocycles. The Labute approximate surface area is 111 Å². The standard InChI is InChI=1S/C13H18N2O4/c1-9-2-4-10(5-3-9)12(17)14-7-6-11(8-16)13(18)15-19/h2-5,11,16,19H,6-8H2,1H3,(H,14,17)(H,15,18)/t11-/m0/s1. The van der Waals surface area contributed by atoms with Crippen molar-refractivity contribution < 1.29 is 19.9 Å². The molecule has 0 heterocycles. The summed E-state index contributed by atoms with van der Waals surface area (Å²) < 4.78 is 0. The van der Waals surface area contributed by atoms with Crippen molar-refractivity contribution in [2.45, 2.75) is 13.3 Å². The van der Waals surface area contributed by atoms with Gasteiger partial charge in [0.15, 0.2) is 0 Å². The lowest BCUT2D eigenvalue weighted by molar-refractivity contribution is -0.134. The van der Waals surface area contributed by atoms with Crippen molar-refractivity contribution in [2.75, 3.05) is 13.2 Å². The highest BCUT2D eigenvalue weighted by atomic mass is 16.5. The highest BCUT2D eigenvalue weighted by molar-refractivity contribution is 5.94. The first-order chi connectivity index (χ1) is 9.08. The molecule has 1 atom stereocenters. The zero-order valence-corrected chi connectivity index (χ0v) is 10.7. The normalized spacial score (nSPS) is 11.7. The maximum atomic E-state index is 11.7. The average Bonchev–Trinajstić information content (AvgIpc) is 2.43. The van der Waals surface area contributed by atoms with Crippen LogP contribution >= 0.6 is 0 Å². The Hall–Kier alpha value is -1.92. The predicted octanol–water partition coefficient (Wildman–Crippen LogP) is 0.229. The van der Waals surface area contributed by atoms with E-state index in [1.54, 1.807) is 12.1 Å². The monoisotopic (exact) mass is 266 g/mol. The van der Waals surface area contributed by atoms with E-state index in [1.165, 1.54) is 5.48 Å². The predicted molar refractivity (Wildman–Crippen MR) is 68.6 cm³/mol. The summed E-state index contributed by atoms with van der Waals surface area (Å²) in [6.07, 6.45) is 0.250. The molecule has 4 N–H and O–H groups in total. The Morgan fingerprint density at radius 3 is 2.42 bits per heavy atom. The van der Waals surface area contributed by atoms with Crippen LogP contribution in [-0.2, 0) is 4.79 Å². The van der Waals surface area contributed by atoms with Gasteiger partial charge in [-0.05, 0) is 25.5 Å². The summed E-state index contributed by atoms with van der Waals surface area (Å²) in [7, 11) is 0. The molecule has 0 aliphatic rings. The summed E-state index contributed by atoms with van der Waals surface area (Å²) in [6, 6.07) is 7.11. The van der Waals surface area contributed by atoms with Crippen molar-refractivity contribution in [1.82, 2.24) is 10.8 Å². The summed E-state index contributed by atoms with van der Waals surface area (Å²) in [6.45, 7) is 1.79. The van der Waals surface area contributed by atoms with Gasteiger partial charge in [-0.1, -0.05) is 17.7 Å². The molecule has 1 aromatic rings. The Balaban J connectivity index is 2.42. The SMILES string of the molecule is Cc1ccc(C(=O)NCC[C@@H](CO)C(=O)NO)cc1. The third-order valence-corrected chi connectivity index (χ3v) is 2.79. The van der Waals surface area contributed by atoms with Crippen molar-refractivity contribution in [3.63, 3.8) is 0 Å². The fourth-order valence-electron chi connectivity index (χ4n) is 1.56. The first kappa shape index (κ1) is 15.1. The second-order valence-corrected chi connectivity index (χ2v) is 4.27. The highest BCUT2D eigenvalue weighted by Gasteiger charge is 2.16. The highest BCUT2D eigenvalue weighted by Crippen LogP contribution is 2.04. The first-order valence-electron chi connectivity index (χ1n) is 5.98. The minimum absolute atomic E-state index is 0.235. The van der Waals surface area contributed by atoms with Crippen LogP contribution < -0.4 is 10.8 Å². The molecule has 6 nitrogen and oxygen atoms in total. The smallest absolute Gasteiger partial charge is 0.251 e. The lowest BCUT2D eigenvalue weighted by atomic mass is 10.1. The van der Waals surface area contributed by atoms with E-state index in [2.05, 4.69) is 5.32 Å². The van der Waals surface area contributed by atoms with E-state index in [9.17, 15) is 9.59 Å². The minimum Gasteiger partial charge on any atom is -0.396 e. The fourth-order valence-corrected chi connectivity index (χ4v) is 1.56. The zero-order valence-electron chi connectivity index (χ0n) is 10.7. The topological polar surface area (TPSA) is 98.7 Å². The van der Waals surface area contributed by atoms with Crippen molar-refractivity contribution in [3.05, 3.63) is 35.4 Å². The van der Waals surface area contributed by atoms with Gasteiger partial charge in [-0.25, -0.2) is 5.48 Å². The number of hydroxylamine groups is 1. The molecule has 0 fully saturated rings. The Bertz CT molecular complexity index is 431. The number of carbonyl (C=O) groups excluding carboxylic acids is 2. The Kier molecular flexibility index (Phi) is 5.98. The minimum atomic E-state index is -0.733. The molecule has 6 heteroatoms. The maximum Gasteiger partial charge on any atom is 0.251 e. The quantitative estimate of drug-likeness (QED) is 0.437. The van der Waals surface area contributed by atoms with E-state index in [4.69, 9.17) is 10.3 Å². The molecular formula is C13H18N2O4. The molecule has 1 aromatic carbocycles. The van der Waals surface area contributed by atoms with E-state index < -0.39 is 11.8 Å². The zero-order chi connectivity index (χ0) is 14.3. The van der Waals surface area contributed by atoms with Crippen LogP contribution in [0.5, 0.6) is 0 Å². The number of aliphatic hydroxyl groups is 1. The Morgan fingerprint density at radius 1 is 1.26 bits per heavy atom. The number of amides is 2. The molecule has 0 spiro atoms. The number of carbonyl (C=O) groups is 2. The van der Waals surface area contributed by atoms with E-state index in [0.29, 0.717) is 5.56 Å². The first-order valence-corrected chi connectivity index (χ1v) is 5.98. The number of aryl methyl sites for hydroxylation is 1. The number of rotatable bonds is 6. The second kappa shape index (κ2) is 7.50. The van der Waals surface area contributed by atoms with Crippen LogP contribution in [0.15, 0.2) is 24.3 Å². The molecule has 104 valence electrons. The van der Waals surface area contributed by atoms with Gasteiger partial charge in [-0.3, -0.25) is 14.8 Å². The van der Waals surface area contributed by atoms with E-state index in [1.807, 2.05) is 19.1 Å². The van der Waals surface area contributed by atoms with Crippen LogP contribution in [0.25, 0.3) is 0 Å². The van der Waals surface area contributed by atoms with Crippen LogP contribution in [0.4, 0.5) is 0 Å².